The lowest BCUT2D eigenvalue weighted by molar-refractivity contribution is -0.173. The van der Waals surface area contributed by atoms with Gasteiger partial charge < -0.3 is 16.0 Å². The highest BCUT2D eigenvalue weighted by molar-refractivity contribution is 5.84. The van der Waals surface area contributed by atoms with Crippen LogP contribution in [0.3, 0.4) is 0 Å². The molecule has 4 rings (SSSR count). The molecular formula is C18H25N3O2. The summed E-state index contributed by atoms with van der Waals surface area (Å²) in [5.41, 5.74) is 7.59. The van der Waals surface area contributed by atoms with E-state index in [1.165, 1.54) is 5.56 Å². The van der Waals surface area contributed by atoms with Crippen LogP contribution in [0.2, 0.25) is 0 Å². The molecule has 3 fully saturated rings. The van der Waals surface area contributed by atoms with Gasteiger partial charge in [-0.2, -0.15) is 0 Å². The van der Waals surface area contributed by atoms with Gasteiger partial charge in [-0.1, -0.05) is 37.6 Å². The highest BCUT2D eigenvalue weighted by atomic mass is 16.2. The van der Waals surface area contributed by atoms with E-state index in [0.29, 0.717) is 6.54 Å². The Morgan fingerprint density at radius 2 is 2.00 bits per heavy atom. The van der Waals surface area contributed by atoms with E-state index in [9.17, 15) is 9.59 Å². The highest BCUT2D eigenvalue weighted by Gasteiger charge is 2.60. The van der Waals surface area contributed by atoms with Crippen LogP contribution in [-0.4, -0.2) is 28.9 Å². The average molecular weight is 315 g/mol. The number of rotatable bonds is 7. The van der Waals surface area contributed by atoms with Crippen LogP contribution >= 0.6 is 0 Å². The smallest absolute Gasteiger partial charge is 0.312 e. The predicted molar refractivity (Wildman–Crippen MR) is 88.6 cm³/mol. The number of nitrogens with zero attached hydrogens (tertiary/aromatic N) is 1. The second kappa shape index (κ2) is 6.22. The van der Waals surface area contributed by atoms with Crippen LogP contribution in [-0.2, 0) is 17.8 Å². The van der Waals surface area contributed by atoms with Crippen LogP contribution in [0.5, 0.6) is 0 Å². The van der Waals surface area contributed by atoms with Crippen molar-refractivity contribution in [3.63, 3.8) is 0 Å². The highest BCUT2D eigenvalue weighted by Crippen LogP contribution is 2.60. The molecule has 0 saturated heterocycles. The van der Waals surface area contributed by atoms with Gasteiger partial charge in [0.25, 0.3) is 0 Å². The molecule has 5 heteroatoms. The van der Waals surface area contributed by atoms with E-state index in [1.807, 2.05) is 4.90 Å². The summed E-state index contributed by atoms with van der Waals surface area (Å²) >= 11 is 0. The first-order chi connectivity index (χ1) is 11.0. The Hall–Kier alpha value is -2.04. The number of urea groups is 1. The summed E-state index contributed by atoms with van der Waals surface area (Å²) in [5, 5.41) is 2.43. The van der Waals surface area contributed by atoms with E-state index in [2.05, 4.69) is 36.5 Å². The Balaban J connectivity index is 1.72. The predicted octanol–water partition coefficient (Wildman–Crippen LogP) is 2.19. The van der Waals surface area contributed by atoms with Crippen LogP contribution in [0, 0.1) is 5.92 Å². The van der Waals surface area contributed by atoms with Gasteiger partial charge >= 0.3 is 6.03 Å². The Morgan fingerprint density at radius 3 is 2.57 bits per heavy atom. The van der Waals surface area contributed by atoms with E-state index < -0.39 is 6.03 Å². The number of hydrogen-bond donors (Lipinski definition) is 2. The number of nitrogens with two attached hydrogens (primary N) is 1. The molecule has 3 aliphatic carbocycles. The van der Waals surface area contributed by atoms with Crippen molar-refractivity contribution in [2.24, 2.45) is 11.7 Å². The summed E-state index contributed by atoms with van der Waals surface area (Å²) in [6.45, 7) is 2.76. The number of hydrogen-bond acceptors (Lipinski definition) is 2. The zero-order valence-electron chi connectivity index (χ0n) is 13.7. The van der Waals surface area contributed by atoms with Crippen molar-refractivity contribution >= 4 is 11.9 Å². The molecule has 5 nitrogen and oxygen atoms in total. The molecular weight excluding hydrogens is 290 g/mol. The van der Waals surface area contributed by atoms with Crippen molar-refractivity contribution in [1.29, 1.82) is 0 Å². The van der Waals surface area contributed by atoms with Gasteiger partial charge in [0.1, 0.15) is 0 Å². The molecule has 2 bridgehead atoms. The third-order valence-corrected chi connectivity index (χ3v) is 5.16. The van der Waals surface area contributed by atoms with Gasteiger partial charge in [0.2, 0.25) is 5.91 Å². The largest absolute Gasteiger partial charge is 0.352 e. The Labute approximate surface area is 137 Å². The second-order valence-electron chi connectivity index (χ2n) is 6.97. The molecule has 0 spiro atoms. The standard InChI is InChI=1S/C18H25N3O2/c1-2-4-13-5-3-6-14(7-13)12-21(16(22)11-20-17(19)23)18-8-15(9-18)10-18/h3,5-7,15H,2,4,8-12H2,1H3,(H3,19,20,23). The van der Waals surface area contributed by atoms with E-state index in [-0.39, 0.29) is 18.0 Å². The fraction of sp³-hybridized carbons (Fsp3) is 0.556. The lowest BCUT2D eigenvalue weighted by Gasteiger charge is -2.66. The minimum atomic E-state index is -0.652. The Kier molecular flexibility index (Phi) is 4.28. The lowest BCUT2D eigenvalue weighted by Crippen LogP contribution is -2.70. The molecule has 3 saturated carbocycles. The van der Waals surface area contributed by atoms with Crippen molar-refractivity contribution in [2.75, 3.05) is 6.54 Å². The molecule has 0 atom stereocenters. The molecule has 0 aliphatic heterocycles. The van der Waals surface area contributed by atoms with Gasteiger partial charge in [-0.3, -0.25) is 4.79 Å². The van der Waals surface area contributed by atoms with Gasteiger partial charge in [0.05, 0.1) is 6.54 Å². The summed E-state index contributed by atoms with van der Waals surface area (Å²) in [4.78, 5) is 25.4. The maximum atomic E-state index is 12.6. The first-order valence-electron chi connectivity index (χ1n) is 8.44. The zero-order chi connectivity index (χ0) is 16.4. The topological polar surface area (TPSA) is 75.4 Å². The van der Waals surface area contributed by atoms with Crippen molar-refractivity contribution < 1.29 is 9.59 Å². The summed E-state index contributed by atoms with van der Waals surface area (Å²) in [6.07, 6.45) is 5.47. The van der Waals surface area contributed by atoms with Crippen LogP contribution in [0.1, 0.15) is 43.7 Å². The Bertz CT molecular complexity index is 597. The normalized spacial score (nSPS) is 24.3. The quantitative estimate of drug-likeness (QED) is 0.809. The Morgan fingerprint density at radius 1 is 1.30 bits per heavy atom. The second-order valence-corrected chi connectivity index (χ2v) is 6.97. The molecule has 1 aromatic carbocycles. The molecule has 3 N–H and O–H groups in total. The average Bonchev–Trinajstić information content (AvgIpc) is 2.41. The molecule has 0 unspecified atom stereocenters. The maximum absolute atomic E-state index is 12.6. The molecule has 23 heavy (non-hydrogen) atoms. The lowest BCUT2D eigenvalue weighted by atomic mass is 9.49. The van der Waals surface area contributed by atoms with Crippen molar-refractivity contribution in [3.05, 3.63) is 35.4 Å². The first-order valence-corrected chi connectivity index (χ1v) is 8.44. The van der Waals surface area contributed by atoms with E-state index in [0.717, 1.165) is 43.6 Å². The number of amides is 3. The maximum Gasteiger partial charge on any atom is 0.312 e. The van der Waals surface area contributed by atoms with Crippen molar-refractivity contribution in [2.45, 2.75) is 51.1 Å². The summed E-state index contributed by atoms with van der Waals surface area (Å²) in [5.74, 6) is 0.753. The molecule has 1 aromatic rings. The summed E-state index contributed by atoms with van der Waals surface area (Å²) in [7, 11) is 0. The third kappa shape index (κ3) is 3.19. The third-order valence-electron chi connectivity index (χ3n) is 5.16. The minimum absolute atomic E-state index is 0.0175. The van der Waals surface area contributed by atoms with Crippen LogP contribution < -0.4 is 11.1 Å². The van der Waals surface area contributed by atoms with Crippen molar-refractivity contribution in [3.8, 4) is 0 Å². The number of nitrogens with one attached hydrogen (secondary N) is 1. The molecule has 0 aromatic heterocycles. The van der Waals surface area contributed by atoms with Gasteiger partial charge in [0, 0.05) is 12.1 Å². The number of primary amides is 1. The number of carbonyl (C=O) groups is 2. The summed E-state index contributed by atoms with van der Waals surface area (Å²) < 4.78 is 0. The monoisotopic (exact) mass is 315 g/mol. The van der Waals surface area contributed by atoms with Gasteiger partial charge in [0.15, 0.2) is 0 Å². The fourth-order valence-electron chi connectivity index (χ4n) is 3.90. The SMILES string of the molecule is CCCc1cccc(CN(C(=O)CNC(N)=O)C23CC(C2)C3)c1. The van der Waals surface area contributed by atoms with Crippen LogP contribution in [0.15, 0.2) is 24.3 Å². The van der Waals surface area contributed by atoms with Gasteiger partial charge in [-0.05, 0) is 42.7 Å². The van der Waals surface area contributed by atoms with Gasteiger partial charge in [-0.15, -0.1) is 0 Å². The van der Waals surface area contributed by atoms with E-state index in [4.69, 9.17) is 5.73 Å². The van der Waals surface area contributed by atoms with E-state index >= 15 is 0 Å². The molecule has 3 amide bonds. The summed E-state index contributed by atoms with van der Waals surface area (Å²) in [6, 6.07) is 7.81. The molecule has 3 aliphatic rings. The van der Waals surface area contributed by atoms with Crippen LogP contribution in [0.25, 0.3) is 0 Å². The minimum Gasteiger partial charge on any atom is -0.352 e. The number of carbonyl (C=O) groups excluding carboxylic acids is 2. The number of benzene rings is 1. The van der Waals surface area contributed by atoms with Crippen molar-refractivity contribution in [1.82, 2.24) is 10.2 Å². The van der Waals surface area contributed by atoms with Gasteiger partial charge in [-0.25, -0.2) is 4.79 Å². The van der Waals surface area contributed by atoms with E-state index in [1.54, 1.807) is 0 Å². The van der Waals surface area contributed by atoms with Crippen LogP contribution in [0.4, 0.5) is 4.79 Å². The fourth-order valence-corrected chi connectivity index (χ4v) is 3.90. The zero-order valence-corrected chi connectivity index (χ0v) is 13.7. The number of aryl methyl sites for hydroxylation is 1. The molecule has 124 valence electrons. The molecule has 0 radical (unpaired) electrons. The first kappa shape index (κ1) is 15.8. The molecule has 0 heterocycles.